The van der Waals surface area contributed by atoms with E-state index in [1.54, 1.807) is 6.20 Å². The smallest absolute Gasteiger partial charge is 0.157 e. The van der Waals surface area contributed by atoms with Gasteiger partial charge in [-0.25, -0.2) is 4.68 Å². The minimum atomic E-state index is 0.649. The summed E-state index contributed by atoms with van der Waals surface area (Å²) in [4.78, 5) is 0. The fourth-order valence-electron chi connectivity index (χ4n) is 1.49. The van der Waals surface area contributed by atoms with E-state index in [0.717, 1.165) is 18.0 Å². The van der Waals surface area contributed by atoms with Crippen molar-refractivity contribution in [3.63, 3.8) is 0 Å². The third-order valence-corrected chi connectivity index (χ3v) is 2.48. The summed E-state index contributed by atoms with van der Waals surface area (Å²) in [5.74, 6) is 0.792. The highest BCUT2D eigenvalue weighted by Gasteiger charge is 2.01. The highest BCUT2D eigenvalue weighted by atomic mass is 16.5. The number of aromatic nitrogens is 2. The van der Waals surface area contributed by atoms with Crippen LogP contribution in [-0.2, 0) is 0 Å². The molecule has 0 atom stereocenters. The molecule has 0 spiro atoms. The van der Waals surface area contributed by atoms with Crippen molar-refractivity contribution in [2.75, 3.05) is 20.2 Å². The Bertz CT molecular complexity index is 462. The van der Waals surface area contributed by atoms with Crippen molar-refractivity contribution in [3.8, 4) is 11.4 Å². The summed E-state index contributed by atoms with van der Waals surface area (Å²) in [6.07, 6.45) is 3.62. The van der Waals surface area contributed by atoms with Gasteiger partial charge in [0.05, 0.1) is 18.1 Å². The van der Waals surface area contributed by atoms with Gasteiger partial charge in [-0.05, 0) is 26.1 Å². The number of hydrogen-bond donors (Lipinski definition) is 1. The third kappa shape index (κ3) is 3.07. The number of nitrogens with zero attached hydrogens (tertiary/aromatic N) is 2. The molecule has 0 bridgehead atoms. The summed E-state index contributed by atoms with van der Waals surface area (Å²) >= 11 is 0. The van der Waals surface area contributed by atoms with Crippen molar-refractivity contribution in [1.29, 1.82) is 0 Å². The highest BCUT2D eigenvalue weighted by Crippen LogP contribution is 2.13. The quantitative estimate of drug-likeness (QED) is 0.797. The molecule has 90 valence electrons. The van der Waals surface area contributed by atoms with Crippen molar-refractivity contribution in [1.82, 2.24) is 15.1 Å². The molecule has 2 aromatic rings. The zero-order valence-corrected chi connectivity index (χ0v) is 10.2. The molecule has 0 radical (unpaired) electrons. The molecule has 0 aliphatic rings. The first kappa shape index (κ1) is 11.7. The predicted octanol–water partition coefficient (Wildman–Crippen LogP) is 1.78. The molecule has 0 aliphatic carbocycles. The van der Waals surface area contributed by atoms with Gasteiger partial charge < -0.3 is 10.1 Å². The van der Waals surface area contributed by atoms with Gasteiger partial charge in [0.2, 0.25) is 0 Å². The topological polar surface area (TPSA) is 39.1 Å². The first-order valence-corrected chi connectivity index (χ1v) is 5.69. The van der Waals surface area contributed by atoms with Gasteiger partial charge in [-0.3, -0.25) is 0 Å². The van der Waals surface area contributed by atoms with Gasteiger partial charge in [0.15, 0.2) is 5.75 Å². The Kier molecular flexibility index (Phi) is 3.77. The Balaban J connectivity index is 2.04. The number of likely N-dealkylation sites (N-methyl/N-ethyl adjacent to an activating group) is 1. The summed E-state index contributed by atoms with van der Waals surface area (Å²) in [5, 5.41) is 7.30. The van der Waals surface area contributed by atoms with Crippen molar-refractivity contribution >= 4 is 0 Å². The van der Waals surface area contributed by atoms with E-state index in [-0.39, 0.29) is 0 Å². The SMILES string of the molecule is CNCCOc1cnn(-c2ccc(C)cc2)c1. The van der Waals surface area contributed by atoms with Crippen LogP contribution in [0.25, 0.3) is 5.69 Å². The fraction of sp³-hybridized carbons (Fsp3) is 0.308. The van der Waals surface area contributed by atoms with E-state index in [2.05, 4.69) is 29.5 Å². The number of benzene rings is 1. The number of aryl methyl sites for hydroxylation is 1. The summed E-state index contributed by atoms with van der Waals surface area (Å²) in [6.45, 7) is 3.55. The lowest BCUT2D eigenvalue weighted by Gasteiger charge is -2.02. The van der Waals surface area contributed by atoms with E-state index in [1.807, 2.05) is 30.1 Å². The summed E-state index contributed by atoms with van der Waals surface area (Å²) in [6, 6.07) is 8.22. The van der Waals surface area contributed by atoms with E-state index in [9.17, 15) is 0 Å². The maximum Gasteiger partial charge on any atom is 0.157 e. The standard InChI is InChI=1S/C13H17N3O/c1-11-3-5-12(6-4-11)16-10-13(9-15-16)17-8-7-14-2/h3-6,9-10,14H,7-8H2,1-2H3. The van der Waals surface area contributed by atoms with Crippen LogP contribution in [0.5, 0.6) is 5.75 Å². The molecule has 1 aromatic carbocycles. The summed E-state index contributed by atoms with van der Waals surface area (Å²) in [7, 11) is 1.90. The Hall–Kier alpha value is -1.81. The molecular formula is C13H17N3O. The maximum absolute atomic E-state index is 5.53. The molecule has 1 aromatic heterocycles. The first-order chi connectivity index (χ1) is 8.29. The van der Waals surface area contributed by atoms with Crippen LogP contribution in [0.2, 0.25) is 0 Å². The second-order valence-electron chi connectivity index (χ2n) is 3.91. The molecule has 0 saturated heterocycles. The summed E-state index contributed by atoms with van der Waals surface area (Å²) in [5.41, 5.74) is 2.28. The Morgan fingerprint density at radius 3 is 2.76 bits per heavy atom. The number of hydrogen-bond acceptors (Lipinski definition) is 3. The highest BCUT2D eigenvalue weighted by molar-refractivity contribution is 5.34. The van der Waals surface area contributed by atoms with Crippen LogP contribution in [0, 0.1) is 6.92 Å². The molecule has 4 heteroatoms. The molecule has 1 N–H and O–H groups in total. The fourth-order valence-corrected chi connectivity index (χ4v) is 1.49. The minimum absolute atomic E-state index is 0.649. The number of nitrogens with one attached hydrogen (secondary N) is 1. The van der Waals surface area contributed by atoms with Crippen molar-refractivity contribution < 1.29 is 4.74 Å². The van der Waals surface area contributed by atoms with Crippen LogP contribution in [0.1, 0.15) is 5.56 Å². The van der Waals surface area contributed by atoms with Gasteiger partial charge in [0, 0.05) is 6.54 Å². The van der Waals surface area contributed by atoms with E-state index < -0.39 is 0 Å². The van der Waals surface area contributed by atoms with E-state index in [0.29, 0.717) is 6.61 Å². The molecular weight excluding hydrogens is 214 g/mol. The third-order valence-electron chi connectivity index (χ3n) is 2.48. The molecule has 0 aliphatic heterocycles. The van der Waals surface area contributed by atoms with Crippen LogP contribution in [0.15, 0.2) is 36.7 Å². The number of ether oxygens (including phenoxy) is 1. The Labute approximate surface area is 101 Å². The second-order valence-corrected chi connectivity index (χ2v) is 3.91. The summed E-state index contributed by atoms with van der Waals surface area (Å²) < 4.78 is 7.34. The molecule has 1 heterocycles. The molecule has 4 nitrogen and oxygen atoms in total. The van der Waals surface area contributed by atoms with Gasteiger partial charge in [-0.1, -0.05) is 17.7 Å². The van der Waals surface area contributed by atoms with E-state index >= 15 is 0 Å². The van der Waals surface area contributed by atoms with E-state index in [1.165, 1.54) is 5.56 Å². The minimum Gasteiger partial charge on any atom is -0.489 e. The van der Waals surface area contributed by atoms with Gasteiger partial charge >= 0.3 is 0 Å². The first-order valence-electron chi connectivity index (χ1n) is 5.69. The molecule has 0 unspecified atom stereocenters. The largest absolute Gasteiger partial charge is 0.489 e. The zero-order chi connectivity index (χ0) is 12.1. The lowest BCUT2D eigenvalue weighted by atomic mass is 10.2. The lowest BCUT2D eigenvalue weighted by Crippen LogP contribution is -2.15. The zero-order valence-electron chi connectivity index (χ0n) is 10.2. The van der Waals surface area contributed by atoms with Crippen LogP contribution in [0.4, 0.5) is 0 Å². The lowest BCUT2D eigenvalue weighted by molar-refractivity contribution is 0.318. The normalized spacial score (nSPS) is 10.5. The molecule has 2 rings (SSSR count). The maximum atomic E-state index is 5.53. The monoisotopic (exact) mass is 231 g/mol. The van der Waals surface area contributed by atoms with Crippen molar-refractivity contribution in [2.24, 2.45) is 0 Å². The molecule has 0 fully saturated rings. The Morgan fingerprint density at radius 2 is 2.06 bits per heavy atom. The van der Waals surface area contributed by atoms with Gasteiger partial charge in [0.25, 0.3) is 0 Å². The van der Waals surface area contributed by atoms with Gasteiger partial charge in [-0.15, -0.1) is 0 Å². The van der Waals surface area contributed by atoms with Crippen molar-refractivity contribution in [2.45, 2.75) is 6.92 Å². The number of rotatable bonds is 5. The second kappa shape index (κ2) is 5.50. The van der Waals surface area contributed by atoms with Crippen LogP contribution in [-0.4, -0.2) is 30.0 Å². The van der Waals surface area contributed by atoms with Crippen LogP contribution < -0.4 is 10.1 Å². The molecule has 0 saturated carbocycles. The molecule has 17 heavy (non-hydrogen) atoms. The predicted molar refractivity (Wildman–Crippen MR) is 67.7 cm³/mol. The Morgan fingerprint density at radius 1 is 1.29 bits per heavy atom. The van der Waals surface area contributed by atoms with Crippen LogP contribution in [0.3, 0.4) is 0 Å². The van der Waals surface area contributed by atoms with E-state index in [4.69, 9.17) is 4.74 Å². The van der Waals surface area contributed by atoms with Crippen LogP contribution >= 0.6 is 0 Å². The van der Waals surface area contributed by atoms with Gasteiger partial charge in [0.1, 0.15) is 6.61 Å². The van der Waals surface area contributed by atoms with Crippen molar-refractivity contribution in [3.05, 3.63) is 42.2 Å². The molecule has 0 amide bonds. The van der Waals surface area contributed by atoms with Gasteiger partial charge in [-0.2, -0.15) is 5.10 Å². The average molecular weight is 231 g/mol. The average Bonchev–Trinajstić information content (AvgIpc) is 2.79.